The largest absolute Gasteiger partial charge is 0.417 e. The minimum Gasteiger partial charge on any atom is -0.408 e. The van der Waals surface area contributed by atoms with Crippen LogP contribution in [0.1, 0.15) is 0 Å². The molecule has 1 aromatic heterocycles. The molecular formula is C12H13N3O3. The van der Waals surface area contributed by atoms with Crippen LogP contribution in [0.4, 0.5) is 5.69 Å². The summed E-state index contributed by atoms with van der Waals surface area (Å²) in [7, 11) is 1.74. The minimum absolute atomic E-state index is 0.0501. The van der Waals surface area contributed by atoms with Crippen LogP contribution >= 0.6 is 0 Å². The molecule has 1 aromatic carbocycles. The molecule has 1 aliphatic rings. The van der Waals surface area contributed by atoms with Crippen LogP contribution in [-0.4, -0.2) is 31.0 Å². The second kappa shape index (κ2) is 3.99. The molecule has 1 aliphatic heterocycles. The predicted molar refractivity (Wildman–Crippen MR) is 66.6 cm³/mol. The summed E-state index contributed by atoms with van der Waals surface area (Å²) in [4.78, 5) is 27.3. The molecule has 6 heteroatoms. The topological polar surface area (TPSA) is 78.3 Å². The number of carbonyl (C=O) groups excluding carboxylic acids is 1. The first kappa shape index (κ1) is 11.0. The van der Waals surface area contributed by atoms with E-state index >= 15 is 0 Å². The first-order chi connectivity index (χ1) is 8.65. The highest BCUT2D eigenvalue weighted by Crippen LogP contribution is 2.21. The zero-order valence-electron chi connectivity index (χ0n) is 9.90. The molecule has 0 unspecified atom stereocenters. The van der Waals surface area contributed by atoms with Crippen molar-refractivity contribution in [2.75, 3.05) is 25.0 Å². The highest BCUT2D eigenvalue weighted by molar-refractivity contribution is 5.96. The molecule has 94 valence electrons. The lowest BCUT2D eigenvalue weighted by Gasteiger charge is -2.30. The molecule has 0 saturated carbocycles. The highest BCUT2D eigenvalue weighted by Gasteiger charge is 2.28. The summed E-state index contributed by atoms with van der Waals surface area (Å²) in [5.41, 5.74) is 1.84. The summed E-state index contributed by atoms with van der Waals surface area (Å²) in [6.45, 7) is 1.46. The third-order valence-electron chi connectivity index (χ3n) is 3.25. The molecular weight excluding hydrogens is 234 g/mol. The fourth-order valence-electron chi connectivity index (χ4n) is 2.01. The van der Waals surface area contributed by atoms with E-state index in [1.807, 2.05) is 0 Å². The third kappa shape index (κ3) is 1.70. The van der Waals surface area contributed by atoms with Crippen LogP contribution in [0.2, 0.25) is 0 Å². The molecule has 0 aliphatic carbocycles. The van der Waals surface area contributed by atoms with Gasteiger partial charge in [-0.1, -0.05) is 0 Å². The average molecular weight is 247 g/mol. The Labute approximate surface area is 103 Å². The van der Waals surface area contributed by atoms with Crippen molar-refractivity contribution < 1.29 is 9.21 Å². The number of nitrogens with zero attached hydrogens (tertiary/aromatic N) is 1. The molecule has 1 saturated heterocycles. The van der Waals surface area contributed by atoms with Crippen LogP contribution < -0.4 is 16.0 Å². The Balaban J connectivity index is 1.92. The molecule has 0 atom stereocenters. The zero-order valence-corrected chi connectivity index (χ0v) is 9.90. The van der Waals surface area contributed by atoms with Crippen molar-refractivity contribution in [3.63, 3.8) is 0 Å². The Bertz CT molecular complexity index is 654. The molecule has 0 spiro atoms. The maximum atomic E-state index is 12.1. The van der Waals surface area contributed by atoms with E-state index in [4.69, 9.17) is 4.42 Å². The molecule has 2 aromatic rings. The van der Waals surface area contributed by atoms with E-state index in [1.54, 1.807) is 30.1 Å². The molecule has 2 N–H and O–H groups in total. The monoisotopic (exact) mass is 247 g/mol. The van der Waals surface area contributed by atoms with Gasteiger partial charge in [-0.15, -0.1) is 0 Å². The number of oxazole rings is 1. The molecule has 1 amide bonds. The Morgan fingerprint density at radius 1 is 1.44 bits per heavy atom. The van der Waals surface area contributed by atoms with E-state index in [0.29, 0.717) is 11.1 Å². The zero-order chi connectivity index (χ0) is 12.7. The molecule has 0 bridgehead atoms. The van der Waals surface area contributed by atoms with Crippen molar-refractivity contribution in [3.05, 3.63) is 28.7 Å². The molecule has 6 nitrogen and oxygen atoms in total. The van der Waals surface area contributed by atoms with Crippen molar-refractivity contribution in [2.45, 2.75) is 0 Å². The first-order valence-electron chi connectivity index (χ1n) is 5.76. The van der Waals surface area contributed by atoms with Gasteiger partial charge >= 0.3 is 5.76 Å². The van der Waals surface area contributed by atoms with Crippen molar-refractivity contribution in [1.29, 1.82) is 0 Å². The lowest BCUT2D eigenvalue weighted by atomic mass is 10.0. The molecule has 1 fully saturated rings. The molecule has 18 heavy (non-hydrogen) atoms. The summed E-state index contributed by atoms with van der Waals surface area (Å²) in [6.07, 6.45) is 0. The first-order valence-corrected chi connectivity index (χ1v) is 5.76. The van der Waals surface area contributed by atoms with E-state index < -0.39 is 5.76 Å². The number of aromatic nitrogens is 1. The summed E-state index contributed by atoms with van der Waals surface area (Å²) in [5.74, 6) is -0.354. The number of aromatic amines is 1. The Hall–Kier alpha value is -2.08. The van der Waals surface area contributed by atoms with Crippen LogP contribution in [0.15, 0.2) is 27.4 Å². The van der Waals surface area contributed by atoms with Crippen LogP contribution in [0.3, 0.4) is 0 Å². The Morgan fingerprint density at radius 3 is 2.89 bits per heavy atom. The van der Waals surface area contributed by atoms with Gasteiger partial charge in [-0.05, 0) is 18.2 Å². The van der Waals surface area contributed by atoms with Crippen molar-refractivity contribution in [2.24, 2.45) is 5.92 Å². The van der Waals surface area contributed by atoms with Gasteiger partial charge in [0.1, 0.15) is 0 Å². The quantitative estimate of drug-likeness (QED) is 0.800. The minimum atomic E-state index is -0.487. The van der Waals surface area contributed by atoms with Crippen LogP contribution in [-0.2, 0) is 4.79 Å². The number of H-pyrrole nitrogens is 1. The number of carbonyl (C=O) groups is 1. The number of hydrogen-bond acceptors (Lipinski definition) is 4. The van der Waals surface area contributed by atoms with Gasteiger partial charge in [0.05, 0.1) is 11.4 Å². The second-order valence-electron chi connectivity index (χ2n) is 4.45. The van der Waals surface area contributed by atoms with E-state index in [0.717, 1.165) is 18.8 Å². The average Bonchev–Trinajstić information content (AvgIpc) is 2.64. The van der Waals surface area contributed by atoms with Crippen molar-refractivity contribution >= 4 is 22.7 Å². The SMILES string of the molecule is CN(C(=O)C1CNC1)c1ccc2oc(=O)[nH]c2c1. The number of fused-ring (bicyclic) bond motifs is 1. The normalized spacial score (nSPS) is 15.6. The highest BCUT2D eigenvalue weighted by atomic mass is 16.4. The van der Waals surface area contributed by atoms with Gasteiger partial charge in [0.2, 0.25) is 5.91 Å². The number of hydrogen-bond donors (Lipinski definition) is 2. The Morgan fingerprint density at radius 2 is 2.22 bits per heavy atom. The predicted octanol–water partition coefficient (Wildman–Crippen LogP) is 0.303. The number of nitrogens with one attached hydrogen (secondary N) is 2. The molecule has 3 rings (SSSR count). The molecule has 0 radical (unpaired) electrons. The molecule has 2 heterocycles. The summed E-state index contributed by atoms with van der Waals surface area (Å²) < 4.78 is 4.92. The third-order valence-corrected chi connectivity index (χ3v) is 3.25. The smallest absolute Gasteiger partial charge is 0.408 e. The van der Waals surface area contributed by atoms with Crippen molar-refractivity contribution in [3.8, 4) is 0 Å². The fourth-order valence-corrected chi connectivity index (χ4v) is 2.01. The maximum absolute atomic E-state index is 12.1. The lowest BCUT2D eigenvalue weighted by molar-refractivity contribution is -0.123. The van der Waals surface area contributed by atoms with Crippen LogP contribution in [0.25, 0.3) is 11.1 Å². The van der Waals surface area contributed by atoms with Crippen LogP contribution in [0.5, 0.6) is 0 Å². The number of amides is 1. The van der Waals surface area contributed by atoms with Gasteiger partial charge in [-0.25, -0.2) is 4.79 Å². The summed E-state index contributed by atoms with van der Waals surface area (Å²) in [6, 6.07) is 5.19. The van der Waals surface area contributed by atoms with E-state index in [-0.39, 0.29) is 11.8 Å². The van der Waals surface area contributed by atoms with Gasteiger partial charge in [-0.2, -0.15) is 0 Å². The lowest BCUT2D eigenvalue weighted by Crippen LogP contribution is -2.51. The number of rotatable bonds is 2. The van der Waals surface area contributed by atoms with Gasteiger partial charge in [0.25, 0.3) is 0 Å². The number of benzene rings is 1. The summed E-state index contributed by atoms with van der Waals surface area (Å²) in [5, 5.41) is 3.07. The summed E-state index contributed by atoms with van der Waals surface area (Å²) >= 11 is 0. The van der Waals surface area contributed by atoms with Gasteiger partial charge < -0.3 is 14.6 Å². The number of anilines is 1. The van der Waals surface area contributed by atoms with Crippen molar-refractivity contribution in [1.82, 2.24) is 10.3 Å². The van der Waals surface area contributed by atoms with Gasteiger partial charge in [-0.3, -0.25) is 9.78 Å². The fraction of sp³-hybridized carbons (Fsp3) is 0.333. The van der Waals surface area contributed by atoms with Gasteiger partial charge in [0.15, 0.2) is 5.58 Å². The van der Waals surface area contributed by atoms with E-state index in [2.05, 4.69) is 10.3 Å². The van der Waals surface area contributed by atoms with E-state index in [1.165, 1.54) is 0 Å². The Kier molecular flexibility index (Phi) is 2.45. The standard InChI is InChI=1S/C12H13N3O3/c1-15(11(16)7-5-13-6-7)8-2-3-10-9(4-8)14-12(17)18-10/h2-4,7,13H,5-6H2,1H3,(H,14,17). The maximum Gasteiger partial charge on any atom is 0.417 e. The van der Waals surface area contributed by atoms with E-state index in [9.17, 15) is 9.59 Å². The van der Waals surface area contributed by atoms with Gasteiger partial charge in [0, 0.05) is 25.8 Å². The second-order valence-corrected chi connectivity index (χ2v) is 4.45. The van der Waals surface area contributed by atoms with Crippen LogP contribution in [0, 0.1) is 5.92 Å².